The number of fused-ring (bicyclic) bond motifs is 2. The number of hydrogen-bond donors (Lipinski definition) is 1. The van der Waals surface area contributed by atoms with Gasteiger partial charge in [-0.25, -0.2) is 0 Å². The number of thiophene rings is 1. The van der Waals surface area contributed by atoms with Crippen LogP contribution in [0.5, 0.6) is 11.5 Å². The summed E-state index contributed by atoms with van der Waals surface area (Å²) in [5.41, 5.74) is 3.76. The molecule has 1 N–H and O–H groups in total. The molecule has 2 aromatic carbocycles. The van der Waals surface area contributed by atoms with Crippen LogP contribution >= 0.6 is 11.3 Å². The molecule has 5 nitrogen and oxygen atoms in total. The number of rotatable bonds is 3. The van der Waals surface area contributed by atoms with Crippen LogP contribution < -0.4 is 14.8 Å². The first-order chi connectivity index (χ1) is 13.2. The van der Waals surface area contributed by atoms with E-state index in [4.69, 9.17) is 9.47 Å². The van der Waals surface area contributed by atoms with Crippen molar-refractivity contribution in [2.24, 2.45) is 0 Å². The molecule has 1 amide bonds. The van der Waals surface area contributed by atoms with Crippen LogP contribution in [0.4, 0.5) is 5.69 Å². The zero-order valence-corrected chi connectivity index (χ0v) is 15.6. The maximum atomic E-state index is 13.3. The van der Waals surface area contributed by atoms with Crippen molar-refractivity contribution in [1.29, 1.82) is 0 Å². The summed E-state index contributed by atoms with van der Waals surface area (Å²) < 4.78 is 10.9. The van der Waals surface area contributed by atoms with E-state index in [2.05, 4.69) is 23.7 Å². The number of para-hydroxylation sites is 1. The first-order valence-corrected chi connectivity index (χ1v) is 9.68. The van der Waals surface area contributed by atoms with E-state index < -0.39 is 0 Å². The van der Waals surface area contributed by atoms with Crippen molar-refractivity contribution in [2.45, 2.75) is 19.6 Å². The van der Waals surface area contributed by atoms with E-state index in [1.165, 1.54) is 5.56 Å². The lowest BCUT2D eigenvalue weighted by atomic mass is 10.0. The Morgan fingerprint density at radius 1 is 1.15 bits per heavy atom. The number of anilines is 1. The molecule has 136 valence electrons. The lowest BCUT2D eigenvalue weighted by Crippen LogP contribution is -2.42. The average Bonchev–Trinajstić information content (AvgIpc) is 3.32. The van der Waals surface area contributed by atoms with Gasteiger partial charge < -0.3 is 19.7 Å². The number of hydrogen-bond acceptors (Lipinski definition) is 5. The average molecular weight is 378 g/mol. The SMILES string of the molecule is Cc1ccsc1[C@H]1Nc2ccccc2C(=O)N1Cc1ccc2c(c1)OCO2. The highest BCUT2D eigenvalue weighted by atomic mass is 32.1. The Morgan fingerprint density at radius 3 is 2.85 bits per heavy atom. The summed E-state index contributed by atoms with van der Waals surface area (Å²) >= 11 is 1.67. The lowest BCUT2D eigenvalue weighted by molar-refractivity contribution is 0.0669. The topological polar surface area (TPSA) is 50.8 Å². The molecule has 0 saturated carbocycles. The van der Waals surface area contributed by atoms with Gasteiger partial charge >= 0.3 is 0 Å². The number of nitrogens with zero attached hydrogens (tertiary/aromatic N) is 1. The first kappa shape index (κ1) is 16.2. The Balaban J connectivity index is 1.54. The van der Waals surface area contributed by atoms with Gasteiger partial charge in [0.25, 0.3) is 5.91 Å². The van der Waals surface area contributed by atoms with Gasteiger partial charge in [0.1, 0.15) is 6.17 Å². The van der Waals surface area contributed by atoms with Gasteiger partial charge in [-0.3, -0.25) is 4.79 Å². The number of benzene rings is 2. The molecule has 5 rings (SSSR count). The summed E-state index contributed by atoms with van der Waals surface area (Å²) in [4.78, 5) is 16.3. The fourth-order valence-electron chi connectivity index (χ4n) is 3.56. The maximum absolute atomic E-state index is 13.3. The second kappa shape index (κ2) is 6.32. The third-order valence-electron chi connectivity index (χ3n) is 4.96. The van der Waals surface area contributed by atoms with Crippen molar-refractivity contribution in [3.63, 3.8) is 0 Å². The van der Waals surface area contributed by atoms with E-state index in [1.807, 2.05) is 47.4 Å². The zero-order chi connectivity index (χ0) is 18.4. The molecule has 3 heterocycles. The molecule has 0 spiro atoms. The number of carbonyl (C=O) groups is 1. The van der Waals surface area contributed by atoms with E-state index in [1.54, 1.807) is 11.3 Å². The molecule has 0 fully saturated rings. The second-order valence-electron chi connectivity index (χ2n) is 6.68. The van der Waals surface area contributed by atoms with E-state index in [9.17, 15) is 4.79 Å². The standard InChI is InChI=1S/C21H18N2O3S/c1-13-8-9-27-19(13)20-22-16-5-3-2-4-15(16)21(24)23(20)11-14-6-7-17-18(10-14)26-12-25-17/h2-10,20,22H,11-12H2,1H3/t20-/m0/s1. The van der Waals surface area contributed by atoms with Gasteiger partial charge in [-0.1, -0.05) is 18.2 Å². The van der Waals surface area contributed by atoms with E-state index >= 15 is 0 Å². The molecule has 0 radical (unpaired) electrons. The van der Waals surface area contributed by atoms with Gasteiger partial charge in [0.2, 0.25) is 6.79 Å². The summed E-state index contributed by atoms with van der Waals surface area (Å²) in [7, 11) is 0. The van der Waals surface area contributed by atoms with Crippen LogP contribution in [0.2, 0.25) is 0 Å². The predicted octanol–water partition coefficient (Wildman–Crippen LogP) is 4.55. The van der Waals surface area contributed by atoms with Crippen LogP contribution in [0.15, 0.2) is 53.9 Å². The van der Waals surface area contributed by atoms with Gasteiger partial charge in [-0.05, 0) is 53.8 Å². The van der Waals surface area contributed by atoms with Crippen LogP contribution in [-0.2, 0) is 6.54 Å². The Kier molecular flexibility index (Phi) is 3.79. The normalized spacial score (nSPS) is 17.6. The Bertz CT molecular complexity index is 1030. The van der Waals surface area contributed by atoms with Crippen molar-refractivity contribution in [3.05, 3.63) is 75.5 Å². The van der Waals surface area contributed by atoms with Gasteiger partial charge in [0.15, 0.2) is 11.5 Å². The summed E-state index contributed by atoms with van der Waals surface area (Å²) in [6.07, 6.45) is -0.196. The summed E-state index contributed by atoms with van der Waals surface area (Å²) in [6, 6.07) is 15.6. The molecule has 3 aromatic rings. The van der Waals surface area contributed by atoms with Crippen LogP contribution in [0.25, 0.3) is 0 Å². The van der Waals surface area contributed by atoms with Gasteiger partial charge in [-0.15, -0.1) is 11.3 Å². The molecule has 0 bridgehead atoms. The summed E-state index contributed by atoms with van der Waals surface area (Å²) in [6.45, 7) is 2.81. The molecular weight excluding hydrogens is 360 g/mol. The lowest BCUT2D eigenvalue weighted by Gasteiger charge is -2.38. The van der Waals surface area contributed by atoms with Crippen molar-refractivity contribution in [2.75, 3.05) is 12.1 Å². The molecule has 1 atom stereocenters. The smallest absolute Gasteiger partial charge is 0.258 e. The third-order valence-corrected chi connectivity index (χ3v) is 6.03. The third kappa shape index (κ3) is 2.73. The maximum Gasteiger partial charge on any atom is 0.258 e. The number of aryl methyl sites for hydroxylation is 1. The number of carbonyl (C=O) groups excluding carboxylic acids is 1. The molecule has 6 heteroatoms. The van der Waals surface area contributed by atoms with E-state index in [0.717, 1.165) is 27.6 Å². The van der Waals surface area contributed by atoms with Crippen LogP contribution in [0, 0.1) is 6.92 Å². The number of nitrogens with one attached hydrogen (secondary N) is 1. The predicted molar refractivity (Wildman–Crippen MR) is 104 cm³/mol. The first-order valence-electron chi connectivity index (χ1n) is 8.80. The van der Waals surface area contributed by atoms with E-state index in [0.29, 0.717) is 12.1 Å². The molecular formula is C21H18N2O3S. The molecule has 2 aliphatic heterocycles. The fourth-order valence-corrected chi connectivity index (χ4v) is 4.55. The molecule has 0 saturated heterocycles. The largest absolute Gasteiger partial charge is 0.454 e. The van der Waals surface area contributed by atoms with Crippen LogP contribution in [0.1, 0.15) is 32.5 Å². The van der Waals surface area contributed by atoms with Crippen molar-refractivity contribution in [3.8, 4) is 11.5 Å². The van der Waals surface area contributed by atoms with Crippen molar-refractivity contribution in [1.82, 2.24) is 4.90 Å². The highest BCUT2D eigenvalue weighted by Crippen LogP contribution is 2.38. The Hall–Kier alpha value is -2.99. The molecule has 0 aliphatic carbocycles. The van der Waals surface area contributed by atoms with Gasteiger partial charge in [0, 0.05) is 12.2 Å². The van der Waals surface area contributed by atoms with Crippen molar-refractivity contribution >= 4 is 22.9 Å². The molecule has 0 unspecified atom stereocenters. The quantitative estimate of drug-likeness (QED) is 0.726. The molecule has 2 aliphatic rings. The van der Waals surface area contributed by atoms with E-state index in [-0.39, 0.29) is 18.9 Å². The van der Waals surface area contributed by atoms with Crippen LogP contribution in [-0.4, -0.2) is 17.6 Å². The minimum Gasteiger partial charge on any atom is -0.454 e. The zero-order valence-electron chi connectivity index (χ0n) is 14.8. The number of amides is 1. The summed E-state index contributed by atoms with van der Waals surface area (Å²) in [5, 5.41) is 5.62. The number of ether oxygens (including phenoxy) is 2. The summed E-state index contributed by atoms with van der Waals surface area (Å²) in [5.74, 6) is 1.51. The highest BCUT2D eigenvalue weighted by molar-refractivity contribution is 7.10. The fraction of sp³-hybridized carbons (Fsp3) is 0.190. The second-order valence-corrected chi connectivity index (χ2v) is 7.63. The minimum atomic E-state index is -0.196. The van der Waals surface area contributed by atoms with Crippen molar-refractivity contribution < 1.29 is 14.3 Å². The van der Waals surface area contributed by atoms with Gasteiger partial charge in [0.05, 0.1) is 10.4 Å². The van der Waals surface area contributed by atoms with Crippen LogP contribution in [0.3, 0.4) is 0 Å². The highest BCUT2D eigenvalue weighted by Gasteiger charge is 2.34. The minimum absolute atomic E-state index is 0.0276. The monoisotopic (exact) mass is 378 g/mol. The molecule has 27 heavy (non-hydrogen) atoms. The molecule has 1 aromatic heterocycles. The van der Waals surface area contributed by atoms with Gasteiger partial charge in [-0.2, -0.15) is 0 Å². The Labute approximate surface area is 161 Å². The Morgan fingerprint density at radius 2 is 2.00 bits per heavy atom.